The second-order valence-corrected chi connectivity index (χ2v) is 8.61. The maximum absolute atomic E-state index is 16.0. The normalized spacial score (nSPS) is 26.2. The number of aliphatic hydroxyl groups is 1. The van der Waals surface area contributed by atoms with E-state index in [1.807, 2.05) is 4.90 Å². The highest BCUT2D eigenvalue weighted by Crippen LogP contribution is 2.46. The van der Waals surface area contributed by atoms with Gasteiger partial charge in [-0.2, -0.15) is 0 Å². The van der Waals surface area contributed by atoms with E-state index >= 15 is 4.39 Å². The van der Waals surface area contributed by atoms with E-state index < -0.39 is 23.0 Å². The third-order valence-electron chi connectivity index (χ3n) is 6.12. The van der Waals surface area contributed by atoms with Crippen molar-refractivity contribution in [3.8, 4) is 0 Å². The summed E-state index contributed by atoms with van der Waals surface area (Å²) in [5.74, 6) is -1.33. The van der Waals surface area contributed by atoms with E-state index in [9.17, 15) is 14.3 Å². The van der Waals surface area contributed by atoms with E-state index in [0.29, 0.717) is 25.2 Å². The number of hydrogen-bond donors (Lipinski definition) is 2. The summed E-state index contributed by atoms with van der Waals surface area (Å²) in [4.78, 5) is 19.2. The molecular formula is C22H24ClF2N3O3. The fourth-order valence-corrected chi connectivity index (χ4v) is 4.50. The number of methoxy groups -OCH3 is 1. The lowest BCUT2D eigenvalue weighted by atomic mass is 9.74. The number of alkyl halides is 1. The van der Waals surface area contributed by atoms with Crippen LogP contribution < -0.4 is 5.32 Å². The Morgan fingerprint density at radius 3 is 2.87 bits per heavy atom. The first kappa shape index (κ1) is 22.1. The van der Waals surface area contributed by atoms with Gasteiger partial charge in [0.05, 0.1) is 11.8 Å². The molecule has 0 unspecified atom stereocenters. The number of rotatable bonds is 6. The zero-order valence-electron chi connectivity index (χ0n) is 17.1. The molecule has 0 saturated carbocycles. The Kier molecular flexibility index (Phi) is 6.00. The van der Waals surface area contributed by atoms with Gasteiger partial charge in [0, 0.05) is 50.1 Å². The number of β-amino-alcohol motifs (C(OH)–C–C–N with tert-alkyl or cyclic N) is 1. The van der Waals surface area contributed by atoms with Crippen molar-refractivity contribution in [1.82, 2.24) is 15.2 Å². The molecule has 6 nitrogen and oxygen atoms in total. The Morgan fingerprint density at radius 1 is 1.39 bits per heavy atom. The number of carbonyl (C=O) groups is 1. The van der Waals surface area contributed by atoms with Crippen LogP contribution in [0.15, 0.2) is 36.5 Å². The number of fused-ring (bicyclic) bond motifs is 1. The SMILES string of the molecule is COC1CN(C[C@]2(O)CC[C@@](F)(C(=O)NCc3ccc(F)cc3Cl)c3cccnc32)C1. The molecule has 1 fully saturated rings. The minimum atomic E-state index is -2.34. The number of amides is 1. The first-order chi connectivity index (χ1) is 14.7. The molecule has 2 aliphatic rings. The largest absolute Gasteiger partial charge is 0.382 e. The number of ether oxygens (including phenoxy) is 1. The summed E-state index contributed by atoms with van der Waals surface area (Å²) in [5.41, 5.74) is -2.98. The zero-order valence-corrected chi connectivity index (χ0v) is 17.8. The maximum Gasteiger partial charge on any atom is 0.262 e. The van der Waals surface area contributed by atoms with Gasteiger partial charge in [0.25, 0.3) is 5.91 Å². The van der Waals surface area contributed by atoms with Crippen molar-refractivity contribution < 1.29 is 23.4 Å². The molecule has 2 N–H and O–H groups in total. The fraction of sp³-hybridized carbons (Fsp3) is 0.455. The number of likely N-dealkylation sites (tertiary alicyclic amines) is 1. The van der Waals surface area contributed by atoms with Gasteiger partial charge in [-0.3, -0.25) is 14.7 Å². The van der Waals surface area contributed by atoms with Crippen molar-refractivity contribution >= 4 is 17.5 Å². The number of hydrogen-bond acceptors (Lipinski definition) is 5. The Hall–Kier alpha value is -2.13. The first-order valence-electron chi connectivity index (χ1n) is 10.1. The van der Waals surface area contributed by atoms with E-state index in [1.165, 1.54) is 24.4 Å². The van der Waals surface area contributed by atoms with Gasteiger partial charge in [0.2, 0.25) is 5.67 Å². The molecule has 1 aromatic heterocycles. The molecule has 1 aliphatic heterocycles. The lowest BCUT2D eigenvalue weighted by molar-refractivity contribution is -0.139. The van der Waals surface area contributed by atoms with Gasteiger partial charge in [-0.25, -0.2) is 8.78 Å². The van der Waals surface area contributed by atoms with Crippen LogP contribution in [0, 0.1) is 5.82 Å². The maximum atomic E-state index is 16.0. The van der Waals surface area contributed by atoms with Crippen molar-refractivity contribution in [3.63, 3.8) is 0 Å². The standard InChI is InChI=1S/C22H24ClF2N3O3/c1-31-16-11-28(12-16)13-21(30)6-7-22(25,17-3-2-8-26-19(17)21)20(29)27-10-14-4-5-15(24)9-18(14)23/h2-5,8-9,16,30H,6-7,10-13H2,1H3,(H,27,29)/t21-,22+/m1/s1. The Bertz CT molecular complexity index is 988. The molecule has 1 saturated heterocycles. The van der Waals surface area contributed by atoms with Gasteiger partial charge in [0.15, 0.2) is 0 Å². The summed E-state index contributed by atoms with van der Waals surface area (Å²) >= 11 is 6.00. The van der Waals surface area contributed by atoms with Crippen LogP contribution in [0.1, 0.15) is 29.7 Å². The van der Waals surface area contributed by atoms with E-state index in [-0.39, 0.29) is 41.8 Å². The topological polar surface area (TPSA) is 74.7 Å². The van der Waals surface area contributed by atoms with Gasteiger partial charge < -0.3 is 15.2 Å². The number of pyridine rings is 1. The van der Waals surface area contributed by atoms with Crippen LogP contribution in [0.5, 0.6) is 0 Å². The minimum Gasteiger partial charge on any atom is -0.382 e. The summed E-state index contributed by atoms with van der Waals surface area (Å²) < 4.78 is 34.5. The summed E-state index contributed by atoms with van der Waals surface area (Å²) in [7, 11) is 1.64. The Morgan fingerprint density at radius 2 is 2.16 bits per heavy atom. The van der Waals surface area contributed by atoms with E-state index in [1.54, 1.807) is 13.2 Å². The van der Waals surface area contributed by atoms with Crippen LogP contribution in [-0.2, 0) is 27.3 Å². The molecule has 166 valence electrons. The molecule has 0 radical (unpaired) electrons. The monoisotopic (exact) mass is 451 g/mol. The summed E-state index contributed by atoms with van der Waals surface area (Å²) in [5, 5.41) is 14.0. The van der Waals surface area contributed by atoms with Gasteiger partial charge in [-0.05, 0) is 36.6 Å². The predicted octanol–water partition coefficient (Wildman–Crippen LogP) is 2.67. The number of aromatic nitrogens is 1. The highest BCUT2D eigenvalue weighted by Gasteiger charge is 2.52. The number of carbonyl (C=O) groups excluding carboxylic acids is 1. The molecule has 1 aromatic carbocycles. The third kappa shape index (κ3) is 4.17. The number of nitrogens with zero attached hydrogens (tertiary/aromatic N) is 2. The molecule has 4 rings (SSSR count). The Balaban J connectivity index is 1.53. The van der Waals surface area contributed by atoms with Gasteiger partial charge in [-0.15, -0.1) is 0 Å². The molecule has 1 amide bonds. The van der Waals surface area contributed by atoms with Crippen LogP contribution >= 0.6 is 11.6 Å². The highest BCUT2D eigenvalue weighted by atomic mass is 35.5. The quantitative estimate of drug-likeness (QED) is 0.706. The van der Waals surface area contributed by atoms with Gasteiger partial charge in [-0.1, -0.05) is 23.7 Å². The van der Waals surface area contributed by atoms with E-state index in [0.717, 1.165) is 6.07 Å². The first-order valence-corrected chi connectivity index (χ1v) is 10.5. The number of halogens is 3. The van der Waals surface area contributed by atoms with Gasteiger partial charge in [0.1, 0.15) is 11.4 Å². The van der Waals surface area contributed by atoms with Crippen molar-refractivity contribution in [3.05, 3.63) is 64.2 Å². The second kappa shape index (κ2) is 8.43. The predicted molar refractivity (Wildman–Crippen MR) is 111 cm³/mol. The number of benzene rings is 1. The highest BCUT2D eigenvalue weighted by molar-refractivity contribution is 6.31. The molecule has 9 heteroatoms. The van der Waals surface area contributed by atoms with Crippen LogP contribution in [0.3, 0.4) is 0 Å². The summed E-state index contributed by atoms with van der Waals surface area (Å²) in [6, 6.07) is 6.84. The smallest absolute Gasteiger partial charge is 0.262 e. The average molecular weight is 452 g/mol. The molecule has 0 spiro atoms. The van der Waals surface area contributed by atoms with Crippen molar-refractivity contribution in [2.75, 3.05) is 26.7 Å². The van der Waals surface area contributed by atoms with Crippen LogP contribution in [0.2, 0.25) is 5.02 Å². The van der Waals surface area contributed by atoms with Crippen molar-refractivity contribution in [2.24, 2.45) is 0 Å². The second-order valence-electron chi connectivity index (χ2n) is 8.20. The van der Waals surface area contributed by atoms with Crippen LogP contribution in [-0.4, -0.2) is 53.7 Å². The zero-order chi connectivity index (χ0) is 22.2. The molecule has 0 bridgehead atoms. The van der Waals surface area contributed by atoms with Crippen molar-refractivity contribution in [1.29, 1.82) is 0 Å². The summed E-state index contributed by atoms with van der Waals surface area (Å²) in [6.45, 7) is 1.61. The molecule has 2 heterocycles. The molecule has 31 heavy (non-hydrogen) atoms. The molecule has 1 aliphatic carbocycles. The number of nitrogens with one attached hydrogen (secondary N) is 1. The lowest BCUT2D eigenvalue weighted by Crippen LogP contribution is -2.58. The van der Waals surface area contributed by atoms with Gasteiger partial charge >= 0.3 is 0 Å². The minimum absolute atomic E-state index is 0.0460. The molecular weight excluding hydrogens is 428 g/mol. The lowest BCUT2D eigenvalue weighted by Gasteiger charge is -2.46. The molecule has 2 atom stereocenters. The van der Waals surface area contributed by atoms with Crippen molar-refractivity contribution in [2.45, 2.75) is 36.8 Å². The summed E-state index contributed by atoms with van der Waals surface area (Å²) in [6.07, 6.45) is 1.47. The average Bonchev–Trinajstić information content (AvgIpc) is 2.73. The van der Waals surface area contributed by atoms with Crippen LogP contribution in [0.4, 0.5) is 8.78 Å². The fourth-order valence-electron chi connectivity index (χ4n) is 4.27. The molecule has 2 aromatic rings. The Labute approximate surface area is 184 Å². The third-order valence-corrected chi connectivity index (χ3v) is 6.47. The van der Waals surface area contributed by atoms with E-state index in [2.05, 4.69) is 10.3 Å². The van der Waals surface area contributed by atoms with E-state index in [4.69, 9.17) is 16.3 Å². The van der Waals surface area contributed by atoms with Crippen LogP contribution in [0.25, 0.3) is 0 Å².